The molecule has 2 aliphatic rings. The molecule has 0 amide bonds. The van der Waals surface area contributed by atoms with Crippen LogP contribution in [0.5, 0.6) is 0 Å². The molecule has 6 nitrogen and oxygen atoms in total. The molecule has 28 heavy (non-hydrogen) atoms. The number of hydrogen-bond donors (Lipinski definition) is 1. The third-order valence-electron chi connectivity index (χ3n) is 6.39. The van der Waals surface area contributed by atoms with Crippen molar-refractivity contribution in [3.8, 4) is 0 Å². The van der Waals surface area contributed by atoms with Crippen LogP contribution in [0.1, 0.15) is 65.2 Å². The largest absolute Gasteiger partial charge is 0.352 e. The Morgan fingerprint density at radius 2 is 1.89 bits per heavy atom. The maximum atomic E-state index is 12.9. The number of fused-ring (bicyclic) bond motifs is 2. The summed E-state index contributed by atoms with van der Waals surface area (Å²) in [5.41, 5.74) is 0.711. The van der Waals surface area contributed by atoms with Gasteiger partial charge in [0, 0.05) is 31.9 Å². The Kier molecular flexibility index (Phi) is 5.83. The summed E-state index contributed by atoms with van der Waals surface area (Å²) in [6.07, 6.45) is 11.6. The fourth-order valence-corrected chi connectivity index (χ4v) is 5.15. The molecule has 152 valence electrons. The minimum atomic E-state index is -0.0574. The van der Waals surface area contributed by atoms with E-state index in [2.05, 4.69) is 28.6 Å². The van der Waals surface area contributed by atoms with Crippen molar-refractivity contribution in [2.45, 2.75) is 71.3 Å². The van der Waals surface area contributed by atoms with Crippen LogP contribution in [-0.2, 0) is 0 Å². The minimum absolute atomic E-state index is 0.0574. The normalized spacial score (nSPS) is 22.3. The van der Waals surface area contributed by atoms with E-state index < -0.39 is 0 Å². The minimum Gasteiger partial charge on any atom is -0.352 e. The average molecular weight is 384 g/mol. The summed E-state index contributed by atoms with van der Waals surface area (Å²) in [4.78, 5) is 30.2. The zero-order valence-electron chi connectivity index (χ0n) is 17.3. The zero-order valence-corrected chi connectivity index (χ0v) is 17.3. The van der Waals surface area contributed by atoms with Crippen LogP contribution in [0.4, 0.5) is 11.8 Å². The maximum absolute atomic E-state index is 12.9. The number of aromatic amines is 1. The standard InChI is InChI=1S/C22H33N5O/c1-3-13-26(14-4-2)22-24-19-17(21(28)25-22)11-12-23-20(19)27-15-7-9-16-8-5-6-10-18(16)27/h11-12,16,18H,3-10,13-15H2,1-2H3,(H,24,25,28)/t16-,18+/m1/s1. The quantitative estimate of drug-likeness (QED) is 0.813. The van der Waals surface area contributed by atoms with Crippen molar-refractivity contribution in [3.05, 3.63) is 22.6 Å². The summed E-state index contributed by atoms with van der Waals surface area (Å²) in [5, 5.41) is 0.652. The Morgan fingerprint density at radius 3 is 2.68 bits per heavy atom. The summed E-state index contributed by atoms with van der Waals surface area (Å²) in [7, 11) is 0. The van der Waals surface area contributed by atoms with Gasteiger partial charge in [0.1, 0.15) is 5.52 Å². The van der Waals surface area contributed by atoms with Crippen LogP contribution < -0.4 is 15.4 Å². The van der Waals surface area contributed by atoms with Crippen LogP contribution in [-0.4, -0.2) is 40.6 Å². The highest BCUT2D eigenvalue weighted by Crippen LogP contribution is 2.38. The van der Waals surface area contributed by atoms with Crippen LogP contribution in [0, 0.1) is 5.92 Å². The van der Waals surface area contributed by atoms with E-state index in [4.69, 9.17) is 9.97 Å². The molecule has 1 aliphatic carbocycles. The van der Waals surface area contributed by atoms with Crippen molar-refractivity contribution in [1.82, 2.24) is 15.0 Å². The van der Waals surface area contributed by atoms with Crippen molar-refractivity contribution in [2.75, 3.05) is 29.4 Å². The van der Waals surface area contributed by atoms with E-state index in [-0.39, 0.29) is 5.56 Å². The van der Waals surface area contributed by atoms with Gasteiger partial charge in [-0.1, -0.05) is 26.7 Å². The van der Waals surface area contributed by atoms with E-state index in [1.807, 2.05) is 0 Å². The monoisotopic (exact) mass is 383 g/mol. The van der Waals surface area contributed by atoms with Gasteiger partial charge < -0.3 is 9.80 Å². The van der Waals surface area contributed by atoms with Gasteiger partial charge in [0.25, 0.3) is 5.56 Å². The number of rotatable bonds is 6. The predicted molar refractivity (Wildman–Crippen MR) is 115 cm³/mol. The average Bonchev–Trinajstić information content (AvgIpc) is 2.73. The Labute approximate surface area is 167 Å². The molecule has 0 aromatic carbocycles. The van der Waals surface area contributed by atoms with E-state index in [0.29, 0.717) is 17.4 Å². The van der Waals surface area contributed by atoms with E-state index in [1.165, 1.54) is 38.5 Å². The molecule has 1 N–H and O–H groups in total. The number of aromatic nitrogens is 3. The van der Waals surface area contributed by atoms with Crippen LogP contribution in [0.3, 0.4) is 0 Å². The first-order valence-corrected chi connectivity index (χ1v) is 11.1. The van der Waals surface area contributed by atoms with Gasteiger partial charge in [0.2, 0.25) is 5.95 Å². The lowest BCUT2D eigenvalue weighted by Crippen LogP contribution is -2.47. The second-order valence-electron chi connectivity index (χ2n) is 8.35. The summed E-state index contributed by atoms with van der Waals surface area (Å²) >= 11 is 0. The van der Waals surface area contributed by atoms with E-state index >= 15 is 0 Å². The van der Waals surface area contributed by atoms with Crippen LogP contribution >= 0.6 is 0 Å². The van der Waals surface area contributed by atoms with Gasteiger partial charge in [0.15, 0.2) is 5.82 Å². The lowest BCUT2D eigenvalue weighted by atomic mass is 9.78. The second-order valence-corrected chi connectivity index (χ2v) is 8.35. The first-order chi connectivity index (χ1) is 13.7. The SMILES string of the molecule is CCCN(CCC)c1nc2c(N3CCC[C@H]4CCCC[C@@H]43)nccc2c(=O)[nH]1. The molecule has 0 spiro atoms. The summed E-state index contributed by atoms with van der Waals surface area (Å²) < 4.78 is 0. The van der Waals surface area contributed by atoms with Crippen molar-refractivity contribution in [3.63, 3.8) is 0 Å². The molecule has 0 bridgehead atoms. The highest BCUT2D eigenvalue weighted by Gasteiger charge is 2.35. The van der Waals surface area contributed by atoms with E-state index in [1.54, 1.807) is 12.3 Å². The van der Waals surface area contributed by atoms with Crippen molar-refractivity contribution in [2.24, 2.45) is 5.92 Å². The van der Waals surface area contributed by atoms with E-state index in [0.717, 1.165) is 49.7 Å². The van der Waals surface area contributed by atoms with Crippen LogP contribution in [0.2, 0.25) is 0 Å². The van der Waals surface area contributed by atoms with Gasteiger partial charge in [-0.15, -0.1) is 0 Å². The fourth-order valence-electron chi connectivity index (χ4n) is 5.15. The highest BCUT2D eigenvalue weighted by molar-refractivity contribution is 5.88. The molecule has 2 fully saturated rings. The molecule has 1 aliphatic heterocycles. The van der Waals surface area contributed by atoms with Gasteiger partial charge in [0.05, 0.1) is 5.39 Å². The van der Waals surface area contributed by atoms with E-state index in [9.17, 15) is 4.79 Å². The topological polar surface area (TPSA) is 65.1 Å². The molecule has 1 saturated carbocycles. The number of pyridine rings is 1. The zero-order chi connectivity index (χ0) is 19.5. The second kappa shape index (κ2) is 8.50. The van der Waals surface area contributed by atoms with Crippen molar-refractivity contribution in [1.29, 1.82) is 0 Å². The number of nitrogens with zero attached hydrogens (tertiary/aromatic N) is 4. The first kappa shape index (κ1) is 19.2. The Bertz CT molecular complexity index is 856. The molecule has 2 aromatic heterocycles. The summed E-state index contributed by atoms with van der Waals surface area (Å²) in [5.74, 6) is 2.36. The molecular weight excluding hydrogens is 350 g/mol. The Balaban J connectivity index is 1.79. The lowest BCUT2D eigenvalue weighted by molar-refractivity contribution is 0.243. The number of hydrogen-bond acceptors (Lipinski definition) is 5. The Morgan fingerprint density at radius 1 is 1.14 bits per heavy atom. The van der Waals surface area contributed by atoms with Gasteiger partial charge in [-0.2, -0.15) is 0 Å². The molecule has 6 heteroatoms. The van der Waals surface area contributed by atoms with Gasteiger partial charge in [-0.05, 0) is 50.5 Å². The third kappa shape index (κ3) is 3.61. The molecule has 2 atom stereocenters. The van der Waals surface area contributed by atoms with Gasteiger partial charge >= 0.3 is 0 Å². The summed E-state index contributed by atoms with van der Waals surface area (Å²) in [6.45, 7) is 7.13. The molecule has 2 aromatic rings. The number of anilines is 2. The smallest absolute Gasteiger partial charge is 0.260 e. The van der Waals surface area contributed by atoms with Crippen molar-refractivity contribution >= 4 is 22.7 Å². The fraction of sp³-hybridized carbons (Fsp3) is 0.682. The molecule has 0 unspecified atom stereocenters. The highest BCUT2D eigenvalue weighted by atomic mass is 16.1. The molecular formula is C22H33N5O. The predicted octanol–water partition coefficient (Wildman–Crippen LogP) is 4.10. The van der Waals surface area contributed by atoms with Gasteiger partial charge in [-0.3, -0.25) is 9.78 Å². The molecule has 4 rings (SSSR count). The lowest BCUT2D eigenvalue weighted by Gasteiger charge is -2.44. The molecule has 1 saturated heterocycles. The van der Waals surface area contributed by atoms with Gasteiger partial charge in [-0.25, -0.2) is 9.97 Å². The molecule has 3 heterocycles. The molecule has 0 radical (unpaired) electrons. The maximum Gasteiger partial charge on any atom is 0.260 e. The number of nitrogens with one attached hydrogen (secondary N) is 1. The van der Waals surface area contributed by atoms with Crippen molar-refractivity contribution < 1.29 is 0 Å². The number of H-pyrrole nitrogens is 1. The van der Waals surface area contributed by atoms with Crippen LogP contribution in [0.15, 0.2) is 17.1 Å². The third-order valence-corrected chi connectivity index (χ3v) is 6.39. The summed E-state index contributed by atoms with van der Waals surface area (Å²) in [6, 6.07) is 2.35. The van der Waals surface area contributed by atoms with Crippen LogP contribution in [0.25, 0.3) is 10.9 Å². The first-order valence-electron chi connectivity index (χ1n) is 11.1. The number of piperidine rings is 1. The Hall–Kier alpha value is -2.11.